The number of carbonyl (C=O) groups is 1. The number of hydrogen-bond acceptors (Lipinski definition) is 10. The van der Waals surface area contributed by atoms with Gasteiger partial charge in [-0.25, -0.2) is 0 Å². The Labute approximate surface area is 368 Å². The number of aliphatic hydroxyl groups is 5. The van der Waals surface area contributed by atoms with Crippen LogP contribution in [0.3, 0.4) is 0 Å². The van der Waals surface area contributed by atoms with Crippen molar-refractivity contribution in [3.05, 3.63) is 36.6 Å². The first-order chi connectivity index (χ1) is 29.2. The summed E-state index contributed by atoms with van der Waals surface area (Å²) in [6.07, 6.45) is 41.2. The molecule has 0 radical (unpaired) electrons. The number of hydrogen-bond donors (Lipinski definition) is 5. The van der Waals surface area contributed by atoms with Crippen molar-refractivity contribution < 1.29 is 49.3 Å². The van der Waals surface area contributed by atoms with Crippen molar-refractivity contribution in [2.45, 2.75) is 231 Å². The maximum atomic E-state index is 11.6. The molecule has 0 saturated carbocycles. The molecule has 356 valence electrons. The van der Waals surface area contributed by atoms with E-state index in [1.807, 2.05) is 6.92 Å². The zero-order chi connectivity index (χ0) is 44.6. The summed E-state index contributed by atoms with van der Waals surface area (Å²) in [4.78, 5) is 11.6. The van der Waals surface area contributed by atoms with Gasteiger partial charge in [-0.05, 0) is 70.6 Å². The molecule has 0 amide bonds. The van der Waals surface area contributed by atoms with Crippen molar-refractivity contribution in [1.29, 1.82) is 0 Å². The third kappa shape index (κ3) is 48.9. The smallest absolute Gasteiger partial charge is 0.306 e. The van der Waals surface area contributed by atoms with Gasteiger partial charge in [-0.1, -0.05) is 154 Å². The molecular formula is C50H96O10. The van der Waals surface area contributed by atoms with Gasteiger partial charge in [0.25, 0.3) is 0 Å². The molecule has 0 aromatic carbocycles. The third-order valence-corrected chi connectivity index (χ3v) is 10.2. The lowest BCUT2D eigenvalue weighted by Gasteiger charge is -2.16. The number of unbranched alkanes of at least 4 members (excludes halogenated alkanes) is 22. The highest BCUT2D eigenvalue weighted by Gasteiger charge is 2.12. The first-order valence-electron chi connectivity index (χ1n) is 24.4. The Morgan fingerprint density at radius 2 is 0.850 bits per heavy atom. The number of esters is 1. The number of rotatable bonds is 45. The zero-order valence-corrected chi connectivity index (χ0v) is 39.1. The monoisotopic (exact) mass is 857 g/mol. The van der Waals surface area contributed by atoms with Crippen LogP contribution in [0.25, 0.3) is 0 Å². The van der Waals surface area contributed by atoms with E-state index in [2.05, 4.69) is 44.7 Å². The largest absolute Gasteiger partial charge is 0.496 e. The van der Waals surface area contributed by atoms with Crippen LogP contribution in [0.1, 0.15) is 207 Å². The van der Waals surface area contributed by atoms with E-state index in [0.717, 1.165) is 32.1 Å². The molecule has 0 aliphatic carbocycles. The molecule has 0 aromatic rings. The quantitative estimate of drug-likeness (QED) is 0.0173. The average molecular weight is 857 g/mol. The lowest BCUT2D eigenvalue weighted by atomic mass is 10.1. The minimum Gasteiger partial charge on any atom is -0.496 e. The fourth-order valence-electron chi connectivity index (χ4n) is 6.34. The molecular weight excluding hydrogens is 761 g/mol. The summed E-state index contributed by atoms with van der Waals surface area (Å²) in [5, 5.41) is 46.4. The van der Waals surface area contributed by atoms with Crippen molar-refractivity contribution in [3.8, 4) is 0 Å². The Hall–Kier alpha value is -1.79. The van der Waals surface area contributed by atoms with Crippen molar-refractivity contribution >= 4 is 5.97 Å². The Bertz CT molecular complexity index is 938. The number of allylic oxidation sites excluding steroid dienone is 5. The molecule has 10 nitrogen and oxygen atoms in total. The van der Waals surface area contributed by atoms with Gasteiger partial charge < -0.3 is 44.5 Å². The Morgan fingerprint density at radius 3 is 1.25 bits per heavy atom. The Kier molecular flexibility index (Phi) is 50.1. The van der Waals surface area contributed by atoms with Crippen molar-refractivity contribution in [3.63, 3.8) is 0 Å². The molecule has 4 unspecified atom stereocenters. The van der Waals surface area contributed by atoms with Crippen LogP contribution >= 0.6 is 0 Å². The van der Waals surface area contributed by atoms with Gasteiger partial charge in [0.05, 0.1) is 45.4 Å². The fourth-order valence-corrected chi connectivity index (χ4v) is 6.34. The molecule has 0 heterocycles. The van der Waals surface area contributed by atoms with E-state index in [4.69, 9.17) is 34.3 Å². The standard InChI is InChI=1S/C28H54O7.C22H42O3/c1-3-4-5-6-7-8-9-10-11-12-13-14-15-16-17-18-25(2)35-24-28(32)23-34-22-27(31)21-33-20-26(30)19-29;1-3-5-6-7-8-9-10-11-12-13-14-15-16-17-18-19-22(24)25-21(4-2)20-23/h10-11,26-32H,2-9,12-24H2,1H3;11-12,21,23H,3-10,13-20H2,1-2H3/b11-10-;12-11-. The van der Waals surface area contributed by atoms with E-state index < -0.39 is 18.3 Å². The summed E-state index contributed by atoms with van der Waals surface area (Å²) in [7, 11) is 0. The van der Waals surface area contributed by atoms with Gasteiger partial charge in [-0.15, -0.1) is 0 Å². The normalized spacial score (nSPS) is 13.6. The first kappa shape index (κ1) is 60.3. The summed E-state index contributed by atoms with van der Waals surface area (Å²) in [5.74, 6) is 0.510. The SMILES string of the molecule is C=C(CCCCCCC/C=C\CCCCCCCC)OCC(O)COCC(O)COCC(O)CO.CCCCCCCC/C=C\CCCCCCCC(=O)OC(CC)CO. The van der Waals surface area contributed by atoms with Crippen LogP contribution in [0, 0.1) is 0 Å². The van der Waals surface area contributed by atoms with Crippen molar-refractivity contribution in [2.24, 2.45) is 0 Å². The van der Waals surface area contributed by atoms with Crippen molar-refractivity contribution in [2.75, 3.05) is 46.2 Å². The summed E-state index contributed by atoms with van der Waals surface area (Å²) >= 11 is 0. The molecule has 0 spiro atoms. The predicted octanol–water partition coefficient (Wildman–Crippen LogP) is 11.0. The Balaban J connectivity index is 0. The van der Waals surface area contributed by atoms with Crippen LogP contribution in [-0.4, -0.2) is 102 Å². The van der Waals surface area contributed by atoms with E-state index in [-0.39, 0.29) is 58.3 Å². The van der Waals surface area contributed by atoms with Crippen molar-refractivity contribution in [1.82, 2.24) is 0 Å². The second kappa shape index (κ2) is 49.9. The van der Waals surface area contributed by atoms with Crippen LogP contribution in [0.5, 0.6) is 0 Å². The molecule has 0 aromatic heterocycles. The predicted molar refractivity (Wildman–Crippen MR) is 248 cm³/mol. The first-order valence-corrected chi connectivity index (χ1v) is 24.4. The zero-order valence-electron chi connectivity index (χ0n) is 39.1. The Morgan fingerprint density at radius 1 is 0.483 bits per heavy atom. The van der Waals surface area contributed by atoms with Gasteiger partial charge in [-0.3, -0.25) is 4.79 Å². The van der Waals surface area contributed by atoms with Crippen LogP contribution in [0.2, 0.25) is 0 Å². The molecule has 0 aliphatic heterocycles. The molecule has 0 fully saturated rings. The summed E-state index contributed by atoms with van der Waals surface area (Å²) in [6.45, 7) is 9.97. The lowest BCUT2D eigenvalue weighted by molar-refractivity contribution is -0.151. The minimum atomic E-state index is -0.956. The third-order valence-electron chi connectivity index (χ3n) is 10.2. The highest BCUT2D eigenvalue weighted by molar-refractivity contribution is 5.69. The summed E-state index contributed by atoms with van der Waals surface area (Å²) < 4.78 is 21.0. The lowest BCUT2D eigenvalue weighted by Crippen LogP contribution is -2.29. The minimum absolute atomic E-state index is 0.00213. The van der Waals surface area contributed by atoms with Gasteiger partial charge in [0.2, 0.25) is 0 Å². The van der Waals surface area contributed by atoms with Crippen LogP contribution in [0.15, 0.2) is 36.6 Å². The highest BCUT2D eigenvalue weighted by Crippen LogP contribution is 2.14. The summed E-state index contributed by atoms with van der Waals surface area (Å²) in [6, 6.07) is 0. The molecule has 4 atom stereocenters. The average Bonchev–Trinajstić information content (AvgIpc) is 3.24. The van der Waals surface area contributed by atoms with E-state index in [1.165, 1.54) is 141 Å². The molecule has 0 bridgehead atoms. The maximum Gasteiger partial charge on any atom is 0.306 e. The second-order valence-electron chi connectivity index (χ2n) is 16.4. The number of ether oxygens (including phenoxy) is 4. The highest BCUT2D eigenvalue weighted by atomic mass is 16.6. The van der Waals surface area contributed by atoms with Gasteiger partial charge in [-0.2, -0.15) is 0 Å². The molecule has 0 saturated heterocycles. The molecule has 60 heavy (non-hydrogen) atoms. The topological polar surface area (TPSA) is 155 Å². The van der Waals surface area contributed by atoms with E-state index >= 15 is 0 Å². The fraction of sp³-hybridized carbons (Fsp3) is 0.860. The maximum absolute atomic E-state index is 11.6. The second-order valence-corrected chi connectivity index (χ2v) is 16.4. The van der Waals surface area contributed by atoms with Gasteiger partial charge >= 0.3 is 5.97 Å². The van der Waals surface area contributed by atoms with E-state index in [0.29, 0.717) is 18.6 Å². The molecule has 0 rings (SSSR count). The number of carbonyl (C=O) groups excluding carboxylic acids is 1. The van der Waals surface area contributed by atoms with Gasteiger partial charge in [0.15, 0.2) is 0 Å². The van der Waals surface area contributed by atoms with Gasteiger partial charge in [0.1, 0.15) is 31.0 Å². The van der Waals surface area contributed by atoms with E-state index in [9.17, 15) is 15.0 Å². The summed E-state index contributed by atoms with van der Waals surface area (Å²) in [5.41, 5.74) is 0. The van der Waals surface area contributed by atoms with Gasteiger partial charge in [0, 0.05) is 12.8 Å². The molecule has 10 heteroatoms. The van der Waals surface area contributed by atoms with E-state index in [1.54, 1.807) is 0 Å². The number of aliphatic hydroxyl groups excluding tert-OH is 5. The van der Waals surface area contributed by atoms with Crippen LogP contribution in [-0.2, 0) is 23.7 Å². The molecule has 5 N–H and O–H groups in total. The van der Waals surface area contributed by atoms with Crippen LogP contribution in [0.4, 0.5) is 0 Å². The van der Waals surface area contributed by atoms with Crippen LogP contribution < -0.4 is 0 Å². The molecule has 0 aliphatic rings.